The van der Waals surface area contributed by atoms with Crippen LogP contribution in [0.3, 0.4) is 0 Å². The van der Waals surface area contributed by atoms with Crippen molar-refractivity contribution < 1.29 is 13.2 Å². The monoisotopic (exact) mass is 323 g/mol. The summed E-state index contributed by atoms with van der Waals surface area (Å²) in [4.78, 5) is 11.7. The van der Waals surface area contributed by atoms with Gasteiger partial charge in [0.2, 0.25) is 5.91 Å². The van der Waals surface area contributed by atoms with Gasteiger partial charge in [-0.1, -0.05) is 25.4 Å². The minimum atomic E-state index is -3.88. The van der Waals surface area contributed by atoms with E-state index < -0.39 is 9.05 Å². The van der Waals surface area contributed by atoms with Crippen molar-refractivity contribution in [3.05, 3.63) is 23.2 Å². The topological polar surface area (TPSA) is 63.2 Å². The predicted octanol–water partition coefficient (Wildman–Crippen LogP) is 3.64. The van der Waals surface area contributed by atoms with E-state index in [0.717, 1.165) is 12.8 Å². The van der Waals surface area contributed by atoms with E-state index >= 15 is 0 Å². The number of nitrogens with one attached hydrogen (secondary N) is 1. The number of hydrogen-bond acceptors (Lipinski definition) is 3. The lowest BCUT2D eigenvalue weighted by molar-refractivity contribution is -0.120. The van der Waals surface area contributed by atoms with Crippen LogP contribution in [0.1, 0.15) is 26.7 Å². The zero-order chi connectivity index (χ0) is 14.6. The third-order valence-corrected chi connectivity index (χ3v) is 4.62. The van der Waals surface area contributed by atoms with Crippen LogP contribution in [0.2, 0.25) is 5.02 Å². The normalized spacial score (nSPS) is 11.6. The molecule has 4 nitrogen and oxygen atoms in total. The second kappa shape index (κ2) is 6.59. The first-order chi connectivity index (χ1) is 8.79. The van der Waals surface area contributed by atoms with Crippen LogP contribution in [0.15, 0.2) is 23.1 Å². The Morgan fingerprint density at radius 3 is 2.32 bits per heavy atom. The molecule has 0 aromatic heterocycles. The fourth-order valence-electron chi connectivity index (χ4n) is 1.68. The molecule has 0 unspecified atom stereocenters. The van der Waals surface area contributed by atoms with E-state index in [1.807, 2.05) is 13.8 Å². The van der Waals surface area contributed by atoms with Gasteiger partial charge in [-0.3, -0.25) is 4.79 Å². The maximum atomic E-state index is 11.9. The Morgan fingerprint density at radius 1 is 1.32 bits per heavy atom. The summed E-state index contributed by atoms with van der Waals surface area (Å²) >= 11 is 5.83. The second-order valence-corrected chi connectivity index (χ2v) is 7.03. The second-order valence-electron chi connectivity index (χ2n) is 4.09. The number of rotatable bonds is 5. The highest BCUT2D eigenvalue weighted by molar-refractivity contribution is 8.13. The van der Waals surface area contributed by atoms with Gasteiger partial charge in [0.05, 0.1) is 5.02 Å². The zero-order valence-electron chi connectivity index (χ0n) is 10.6. The average Bonchev–Trinajstić information content (AvgIpc) is 2.28. The molecule has 0 spiro atoms. The highest BCUT2D eigenvalue weighted by Gasteiger charge is 2.17. The number of anilines is 1. The number of amides is 1. The van der Waals surface area contributed by atoms with Crippen LogP contribution in [0.5, 0.6) is 0 Å². The summed E-state index contributed by atoms with van der Waals surface area (Å²) in [5, 5.41) is 2.69. The van der Waals surface area contributed by atoms with Gasteiger partial charge in [-0.15, -0.1) is 0 Å². The van der Waals surface area contributed by atoms with Crippen LogP contribution in [-0.4, -0.2) is 14.3 Å². The molecule has 1 aromatic rings. The van der Waals surface area contributed by atoms with E-state index in [-0.39, 0.29) is 21.7 Å². The lowest BCUT2D eigenvalue weighted by Gasteiger charge is -2.13. The quantitative estimate of drug-likeness (QED) is 0.841. The molecule has 19 heavy (non-hydrogen) atoms. The Bertz CT molecular complexity index is 568. The van der Waals surface area contributed by atoms with Crippen molar-refractivity contribution in [2.24, 2.45) is 5.92 Å². The van der Waals surface area contributed by atoms with Crippen LogP contribution >= 0.6 is 22.3 Å². The molecule has 1 rings (SSSR count). The van der Waals surface area contributed by atoms with Crippen LogP contribution < -0.4 is 5.32 Å². The fourth-order valence-corrected chi connectivity index (χ4v) is 3.21. The maximum Gasteiger partial charge on any atom is 0.262 e. The van der Waals surface area contributed by atoms with E-state index in [1.165, 1.54) is 18.2 Å². The zero-order valence-corrected chi connectivity index (χ0v) is 12.9. The molecule has 0 aliphatic heterocycles. The lowest BCUT2D eigenvalue weighted by atomic mass is 10.0. The van der Waals surface area contributed by atoms with E-state index in [9.17, 15) is 13.2 Å². The molecule has 106 valence electrons. The molecule has 0 atom stereocenters. The molecule has 0 radical (unpaired) electrons. The number of carbonyl (C=O) groups excluding carboxylic acids is 1. The van der Waals surface area contributed by atoms with E-state index in [4.69, 9.17) is 22.3 Å². The first-order valence-corrected chi connectivity index (χ1v) is 8.53. The van der Waals surface area contributed by atoms with Crippen molar-refractivity contribution in [2.45, 2.75) is 31.6 Å². The molecule has 1 aromatic carbocycles. The number of benzene rings is 1. The van der Waals surface area contributed by atoms with Gasteiger partial charge in [0.1, 0.15) is 4.90 Å². The van der Waals surface area contributed by atoms with Gasteiger partial charge in [0.25, 0.3) is 9.05 Å². The van der Waals surface area contributed by atoms with Crippen molar-refractivity contribution in [1.82, 2.24) is 0 Å². The summed E-state index contributed by atoms with van der Waals surface area (Å²) in [7, 11) is 1.34. The van der Waals surface area contributed by atoms with E-state index in [1.54, 1.807) is 0 Å². The predicted molar refractivity (Wildman–Crippen MR) is 77.2 cm³/mol. The minimum Gasteiger partial charge on any atom is -0.326 e. The van der Waals surface area contributed by atoms with Crippen LogP contribution in [0.4, 0.5) is 5.69 Å². The van der Waals surface area contributed by atoms with Crippen molar-refractivity contribution in [1.29, 1.82) is 0 Å². The Labute approximate surface area is 122 Å². The van der Waals surface area contributed by atoms with Gasteiger partial charge in [0, 0.05) is 22.3 Å². The van der Waals surface area contributed by atoms with Gasteiger partial charge in [0.15, 0.2) is 0 Å². The molecular weight excluding hydrogens is 309 g/mol. The third kappa shape index (κ3) is 4.37. The number of carbonyl (C=O) groups is 1. The van der Waals surface area contributed by atoms with Gasteiger partial charge in [-0.2, -0.15) is 0 Å². The Hall–Kier alpha value is -0.780. The summed E-state index contributed by atoms with van der Waals surface area (Å²) in [6.07, 6.45) is 1.48. The SMILES string of the molecule is CCC(CC)C(=O)Nc1ccc(S(=O)(=O)Cl)c(Cl)c1. The summed E-state index contributed by atoms with van der Waals surface area (Å²) in [5.74, 6) is -0.183. The Balaban J connectivity index is 2.94. The molecule has 1 amide bonds. The van der Waals surface area contributed by atoms with Gasteiger partial charge in [-0.25, -0.2) is 8.42 Å². The van der Waals surface area contributed by atoms with Crippen LogP contribution in [0.25, 0.3) is 0 Å². The van der Waals surface area contributed by atoms with Crippen molar-refractivity contribution in [3.8, 4) is 0 Å². The summed E-state index contributed by atoms with van der Waals surface area (Å²) in [5.41, 5.74) is 0.450. The summed E-state index contributed by atoms with van der Waals surface area (Å²) < 4.78 is 22.4. The minimum absolute atomic E-state index is 0.0163. The number of halogens is 2. The van der Waals surface area contributed by atoms with Gasteiger partial charge >= 0.3 is 0 Å². The van der Waals surface area contributed by atoms with E-state index in [0.29, 0.717) is 5.69 Å². The Morgan fingerprint density at radius 2 is 1.89 bits per heavy atom. The van der Waals surface area contributed by atoms with Crippen molar-refractivity contribution >= 4 is 42.9 Å². The molecule has 0 aliphatic rings. The third-order valence-electron chi connectivity index (χ3n) is 2.82. The van der Waals surface area contributed by atoms with Crippen molar-refractivity contribution in [3.63, 3.8) is 0 Å². The first-order valence-electron chi connectivity index (χ1n) is 5.84. The van der Waals surface area contributed by atoms with Crippen LogP contribution in [0, 0.1) is 5.92 Å². The summed E-state index contributed by atoms with van der Waals surface area (Å²) in [6, 6.07) is 4.10. The first kappa shape index (κ1) is 16.3. The molecular formula is C12H15Cl2NO3S. The molecule has 0 aliphatic carbocycles. The smallest absolute Gasteiger partial charge is 0.262 e. The van der Waals surface area contributed by atoms with Crippen LogP contribution in [-0.2, 0) is 13.8 Å². The van der Waals surface area contributed by atoms with Gasteiger partial charge < -0.3 is 5.32 Å². The molecule has 0 bridgehead atoms. The van der Waals surface area contributed by atoms with Crippen molar-refractivity contribution in [2.75, 3.05) is 5.32 Å². The molecule has 0 heterocycles. The molecule has 0 saturated heterocycles. The highest BCUT2D eigenvalue weighted by Crippen LogP contribution is 2.27. The molecule has 7 heteroatoms. The Kier molecular flexibility index (Phi) is 5.64. The molecule has 0 fully saturated rings. The molecule has 1 N–H and O–H groups in total. The number of hydrogen-bond donors (Lipinski definition) is 1. The summed E-state index contributed by atoms with van der Waals surface area (Å²) in [6.45, 7) is 3.87. The maximum absolute atomic E-state index is 11.9. The average molecular weight is 324 g/mol. The standard InChI is InChI=1S/C12H15Cl2NO3S/c1-3-8(4-2)12(16)15-9-5-6-11(10(13)7-9)19(14,17)18/h5-8H,3-4H2,1-2H3,(H,15,16). The lowest BCUT2D eigenvalue weighted by Crippen LogP contribution is -2.21. The van der Waals surface area contributed by atoms with E-state index in [2.05, 4.69) is 5.32 Å². The molecule has 0 saturated carbocycles. The highest BCUT2D eigenvalue weighted by atomic mass is 35.7. The largest absolute Gasteiger partial charge is 0.326 e. The van der Waals surface area contributed by atoms with Gasteiger partial charge in [-0.05, 0) is 31.0 Å². The fraction of sp³-hybridized carbons (Fsp3) is 0.417.